The number of piperazine rings is 1. The Balaban J connectivity index is 1.43. The number of aryl methyl sites for hydroxylation is 1. The molecule has 0 atom stereocenters. The highest BCUT2D eigenvalue weighted by Gasteiger charge is 2.28. The molecule has 1 aromatic carbocycles. The van der Waals surface area contributed by atoms with Gasteiger partial charge in [-0.3, -0.25) is 4.79 Å². The maximum absolute atomic E-state index is 12.4. The second-order valence-corrected chi connectivity index (χ2v) is 6.36. The number of benzene rings is 1. The van der Waals surface area contributed by atoms with E-state index in [0.717, 1.165) is 5.56 Å². The van der Waals surface area contributed by atoms with Gasteiger partial charge in [-0.05, 0) is 24.6 Å². The standard InChI is InChI=1S/C18H25N3O4/c1-15-3-2-4-16(13-15)25-14-17(22)19-5-7-20(8-6-19)18(23)21-9-11-24-12-10-21/h2-4,13H,5-12,14H2,1H3. The van der Waals surface area contributed by atoms with Gasteiger partial charge < -0.3 is 24.2 Å². The molecule has 0 aromatic heterocycles. The van der Waals surface area contributed by atoms with Crippen LogP contribution in [0.15, 0.2) is 24.3 Å². The first-order chi connectivity index (χ1) is 12.1. The first-order valence-electron chi connectivity index (χ1n) is 8.72. The Kier molecular flexibility index (Phi) is 5.75. The molecule has 2 aliphatic rings. The van der Waals surface area contributed by atoms with Gasteiger partial charge in [0.15, 0.2) is 6.61 Å². The molecule has 2 saturated heterocycles. The van der Waals surface area contributed by atoms with E-state index < -0.39 is 0 Å². The van der Waals surface area contributed by atoms with E-state index in [2.05, 4.69) is 0 Å². The number of carbonyl (C=O) groups is 2. The lowest BCUT2D eigenvalue weighted by molar-refractivity contribution is -0.134. The summed E-state index contributed by atoms with van der Waals surface area (Å²) in [6.45, 7) is 6.71. The van der Waals surface area contributed by atoms with Gasteiger partial charge in [-0.15, -0.1) is 0 Å². The summed E-state index contributed by atoms with van der Waals surface area (Å²) in [5.74, 6) is 0.662. The Bertz CT molecular complexity index is 608. The van der Waals surface area contributed by atoms with Crippen LogP contribution in [0.5, 0.6) is 5.75 Å². The van der Waals surface area contributed by atoms with Gasteiger partial charge in [0, 0.05) is 39.3 Å². The molecule has 3 rings (SSSR count). The monoisotopic (exact) mass is 347 g/mol. The van der Waals surface area contributed by atoms with Crippen molar-refractivity contribution < 1.29 is 19.1 Å². The maximum atomic E-state index is 12.4. The molecule has 0 saturated carbocycles. The zero-order valence-corrected chi connectivity index (χ0v) is 14.6. The third-order valence-corrected chi connectivity index (χ3v) is 4.54. The van der Waals surface area contributed by atoms with Crippen molar-refractivity contribution in [2.24, 2.45) is 0 Å². The molecule has 0 N–H and O–H groups in total. The van der Waals surface area contributed by atoms with Crippen molar-refractivity contribution in [2.75, 3.05) is 59.1 Å². The van der Waals surface area contributed by atoms with Gasteiger partial charge in [-0.25, -0.2) is 4.79 Å². The fourth-order valence-electron chi connectivity index (χ4n) is 3.04. The Morgan fingerprint density at radius 2 is 1.64 bits per heavy atom. The zero-order chi connectivity index (χ0) is 17.6. The molecule has 0 aliphatic carbocycles. The normalized spacial score (nSPS) is 18.2. The third kappa shape index (κ3) is 4.63. The van der Waals surface area contributed by atoms with Crippen molar-refractivity contribution in [3.63, 3.8) is 0 Å². The van der Waals surface area contributed by atoms with Crippen molar-refractivity contribution in [1.29, 1.82) is 0 Å². The Hall–Kier alpha value is -2.28. The molecule has 0 radical (unpaired) electrons. The smallest absolute Gasteiger partial charge is 0.320 e. The van der Waals surface area contributed by atoms with E-state index in [9.17, 15) is 9.59 Å². The van der Waals surface area contributed by atoms with E-state index in [1.54, 1.807) is 4.90 Å². The molecule has 136 valence electrons. The summed E-state index contributed by atoms with van der Waals surface area (Å²) in [5, 5.41) is 0. The predicted octanol–water partition coefficient (Wildman–Crippen LogP) is 0.970. The van der Waals surface area contributed by atoms with Crippen LogP contribution in [-0.4, -0.2) is 85.7 Å². The largest absolute Gasteiger partial charge is 0.484 e. The van der Waals surface area contributed by atoms with Crippen molar-refractivity contribution >= 4 is 11.9 Å². The summed E-state index contributed by atoms with van der Waals surface area (Å²) >= 11 is 0. The van der Waals surface area contributed by atoms with E-state index in [-0.39, 0.29) is 18.5 Å². The average Bonchev–Trinajstić information content (AvgIpc) is 2.66. The number of ether oxygens (including phenoxy) is 2. The van der Waals surface area contributed by atoms with Crippen molar-refractivity contribution in [2.45, 2.75) is 6.92 Å². The van der Waals surface area contributed by atoms with Gasteiger partial charge in [-0.1, -0.05) is 12.1 Å². The number of rotatable bonds is 3. The van der Waals surface area contributed by atoms with Gasteiger partial charge in [0.1, 0.15) is 5.75 Å². The SMILES string of the molecule is Cc1cccc(OCC(=O)N2CCN(C(=O)N3CCOCC3)CC2)c1. The number of morpholine rings is 1. The minimum Gasteiger partial charge on any atom is -0.484 e. The number of hydrogen-bond acceptors (Lipinski definition) is 4. The molecule has 3 amide bonds. The van der Waals surface area contributed by atoms with Crippen LogP contribution in [0.1, 0.15) is 5.56 Å². The highest BCUT2D eigenvalue weighted by atomic mass is 16.5. The van der Waals surface area contributed by atoms with E-state index in [1.165, 1.54) is 0 Å². The van der Waals surface area contributed by atoms with Crippen LogP contribution in [0.25, 0.3) is 0 Å². The molecule has 0 spiro atoms. The van der Waals surface area contributed by atoms with E-state index in [1.807, 2.05) is 41.0 Å². The quantitative estimate of drug-likeness (QED) is 0.817. The maximum Gasteiger partial charge on any atom is 0.320 e. The highest BCUT2D eigenvalue weighted by Crippen LogP contribution is 2.13. The molecule has 0 unspecified atom stereocenters. The van der Waals surface area contributed by atoms with Crippen LogP contribution in [0.4, 0.5) is 4.79 Å². The lowest BCUT2D eigenvalue weighted by Crippen LogP contribution is -2.56. The summed E-state index contributed by atoms with van der Waals surface area (Å²) in [6.07, 6.45) is 0. The molecule has 25 heavy (non-hydrogen) atoms. The van der Waals surface area contributed by atoms with Gasteiger partial charge in [0.2, 0.25) is 0 Å². The number of nitrogens with zero attached hydrogens (tertiary/aromatic N) is 3. The van der Waals surface area contributed by atoms with Crippen LogP contribution in [0, 0.1) is 6.92 Å². The summed E-state index contributed by atoms with van der Waals surface area (Å²) in [5.41, 5.74) is 1.10. The Morgan fingerprint density at radius 1 is 1.00 bits per heavy atom. The summed E-state index contributed by atoms with van der Waals surface area (Å²) in [6, 6.07) is 7.70. The van der Waals surface area contributed by atoms with Crippen LogP contribution < -0.4 is 4.74 Å². The van der Waals surface area contributed by atoms with E-state index >= 15 is 0 Å². The zero-order valence-electron chi connectivity index (χ0n) is 14.6. The van der Waals surface area contributed by atoms with Gasteiger partial charge in [-0.2, -0.15) is 0 Å². The topological polar surface area (TPSA) is 62.3 Å². The molecular formula is C18H25N3O4. The predicted molar refractivity (Wildman–Crippen MR) is 92.6 cm³/mol. The van der Waals surface area contributed by atoms with Crippen LogP contribution >= 0.6 is 0 Å². The second kappa shape index (κ2) is 8.20. The minimum atomic E-state index is -0.0417. The van der Waals surface area contributed by atoms with Crippen LogP contribution in [-0.2, 0) is 9.53 Å². The van der Waals surface area contributed by atoms with Gasteiger partial charge in [0.05, 0.1) is 13.2 Å². The summed E-state index contributed by atoms with van der Waals surface area (Å²) in [4.78, 5) is 30.1. The molecule has 2 heterocycles. The number of urea groups is 1. The summed E-state index contributed by atoms with van der Waals surface area (Å²) in [7, 11) is 0. The highest BCUT2D eigenvalue weighted by molar-refractivity contribution is 5.79. The van der Waals surface area contributed by atoms with E-state index in [0.29, 0.717) is 58.2 Å². The molecule has 0 bridgehead atoms. The van der Waals surface area contributed by atoms with Gasteiger partial charge >= 0.3 is 6.03 Å². The third-order valence-electron chi connectivity index (χ3n) is 4.54. The molecular weight excluding hydrogens is 322 g/mol. The molecule has 2 aliphatic heterocycles. The molecule has 7 heteroatoms. The van der Waals surface area contributed by atoms with Crippen molar-refractivity contribution in [1.82, 2.24) is 14.7 Å². The van der Waals surface area contributed by atoms with Crippen molar-refractivity contribution in [3.8, 4) is 5.75 Å². The Morgan fingerprint density at radius 3 is 2.32 bits per heavy atom. The summed E-state index contributed by atoms with van der Waals surface area (Å²) < 4.78 is 10.9. The molecule has 1 aromatic rings. The van der Waals surface area contributed by atoms with E-state index in [4.69, 9.17) is 9.47 Å². The minimum absolute atomic E-state index is 0.0286. The molecule has 2 fully saturated rings. The average molecular weight is 347 g/mol. The number of carbonyl (C=O) groups excluding carboxylic acids is 2. The lowest BCUT2D eigenvalue weighted by atomic mass is 10.2. The van der Waals surface area contributed by atoms with Gasteiger partial charge in [0.25, 0.3) is 5.91 Å². The van der Waals surface area contributed by atoms with Crippen LogP contribution in [0.3, 0.4) is 0 Å². The number of hydrogen-bond donors (Lipinski definition) is 0. The fraction of sp³-hybridized carbons (Fsp3) is 0.556. The first kappa shape index (κ1) is 17.5. The molecule has 7 nitrogen and oxygen atoms in total. The lowest BCUT2D eigenvalue weighted by Gasteiger charge is -2.38. The second-order valence-electron chi connectivity index (χ2n) is 6.36. The van der Waals surface area contributed by atoms with Crippen LogP contribution in [0.2, 0.25) is 0 Å². The van der Waals surface area contributed by atoms with Crippen molar-refractivity contribution in [3.05, 3.63) is 29.8 Å². The number of amides is 3. The Labute approximate surface area is 148 Å². The fourth-order valence-corrected chi connectivity index (χ4v) is 3.04. The first-order valence-corrected chi connectivity index (χ1v) is 8.72.